The summed E-state index contributed by atoms with van der Waals surface area (Å²) in [6, 6.07) is 6.60. The molecule has 1 N–H and O–H groups in total. The van der Waals surface area contributed by atoms with Crippen LogP contribution in [0.3, 0.4) is 0 Å². The molecule has 0 saturated carbocycles. The lowest BCUT2D eigenvalue weighted by Gasteiger charge is -2.19. The van der Waals surface area contributed by atoms with Crippen LogP contribution in [0, 0.1) is 6.92 Å². The number of nitrogens with one attached hydrogen (secondary N) is 1. The highest BCUT2D eigenvalue weighted by Crippen LogP contribution is 2.27. The second-order valence-corrected chi connectivity index (χ2v) is 4.70. The molecule has 1 nitrogen and oxygen atoms in total. The van der Waals surface area contributed by atoms with Crippen LogP contribution in [0.15, 0.2) is 18.2 Å². The van der Waals surface area contributed by atoms with Crippen molar-refractivity contribution in [2.24, 2.45) is 0 Å². The maximum atomic E-state index is 6.15. The summed E-state index contributed by atoms with van der Waals surface area (Å²) in [6.45, 7) is 4.33. The fraction of sp³-hybridized carbons (Fsp3) is 0.571. The van der Waals surface area contributed by atoms with Crippen molar-refractivity contribution in [1.82, 2.24) is 5.32 Å². The van der Waals surface area contributed by atoms with Crippen LogP contribution < -0.4 is 5.32 Å². The Bertz CT molecular complexity index is 323. The Morgan fingerprint density at radius 2 is 2.06 bits per heavy atom. The number of unbranched alkanes of at least 4 members (excludes halogenated alkanes) is 2. The Kier molecular flexibility index (Phi) is 5.86. The second kappa shape index (κ2) is 6.93. The summed E-state index contributed by atoms with van der Waals surface area (Å²) in [5.74, 6) is 0. The molecular formula is C14H22ClN. The van der Waals surface area contributed by atoms with Gasteiger partial charge in [0.1, 0.15) is 0 Å². The quantitative estimate of drug-likeness (QED) is 0.722. The Hall–Kier alpha value is -0.530. The lowest BCUT2D eigenvalue weighted by Crippen LogP contribution is -2.17. The molecule has 1 rings (SSSR count). The van der Waals surface area contributed by atoms with Crippen LogP contribution in [0.5, 0.6) is 0 Å². The van der Waals surface area contributed by atoms with Crippen LogP contribution in [-0.2, 0) is 0 Å². The van der Waals surface area contributed by atoms with E-state index in [0.717, 1.165) is 5.02 Å². The molecule has 0 radical (unpaired) electrons. The Labute approximate surface area is 104 Å². The third kappa shape index (κ3) is 3.50. The molecule has 90 valence electrons. The van der Waals surface area contributed by atoms with Crippen molar-refractivity contribution in [2.45, 2.75) is 45.6 Å². The molecule has 1 aromatic rings. The van der Waals surface area contributed by atoms with Crippen LogP contribution in [0.1, 0.15) is 49.8 Å². The van der Waals surface area contributed by atoms with Gasteiger partial charge in [-0.1, -0.05) is 49.9 Å². The van der Waals surface area contributed by atoms with Crippen molar-refractivity contribution in [3.63, 3.8) is 0 Å². The summed E-state index contributed by atoms with van der Waals surface area (Å²) >= 11 is 6.15. The first-order valence-corrected chi connectivity index (χ1v) is 6.50. The van der Waals surface area contributed by atoms with E-state index in [0.29, 0.717) is 6.04 Å². The minimum atomic E-state index is 0.435. The topological polar surface area (TPSA) is 12.0 Å². The largest absolute Gasteiger partial charge is 0.313 e. The van der Waals surface area contributed by atoms with Crippen LogP contribution >= 0.6 is 11.6 Å². The molecule has 16 heavy (non-hydrogen) atoms. The van der Waals surface area contributed by atoms with Gasteiger partial charge >= 0.3 is 0 Å². The Morgan fingerprint density at radius 1 is 1.31 bits per heavy atom. The molecule has 0 aliphatic carbocycles. The maximum absolute atomic E-state index is 6.15. The Morgan fingerprint density at radius 3 is 2.69 bits per heavy atom. The molecule has 0 heterocycles. The maximum Gasteiger partial charge on any atom is 0.0438 e. The predicted molar refractivity (Wildman–Crippen MR) is 72.1 cm³/mol. The summed E-state index contributed by atoms with van der Waals surface area (Å²) < 4.78 is 0. The highest BCUT2D eigenvalue weighted by atomic mass is 35.5. The smallest absolute Gasteiger partial charge is 0.0438 e. The van der Waals surface area contributed by atoms with E-state index in [4.69, 9.17) is 11.6 Å². The summed E-state index contributed by atoms with van der Waals surface area (Å²) in [5.41, 5.74) is 2.55. The van der Waals surface area contributed by atoms with E-state index in [1.807, 2.05) is 19.2 Å². The van der Waals surface area contributed by atoms with Crippen molar-refractivity contribution >= 4 is 11.6 Å². The van der Waals surface area contributed by atoms with Crippen molar-refractivity contribution in [3.05, 3.63) is 34.3 Å². The third-order valence-electron chi connectivity index (χ3n) is 3.13. The van der Waals surface area contributed by atoms with E-state index >= 15 is 0 Å². The molecule has 0 bridgehead atoms. The lowest BCUT2D eigenvalue weighted by molar-refractivity contribution is 0.510. The van der Waals surface area contributed by atoms with E-state index in [9.17, 15) is 0 Å². The number of hydrogen-bond acceptors (Lipinski definition) is 1. The van der Waals surface area contributed by atoms with Gasteiger partial charge in [-0.15, -0.1) is 0 Å². The number of halogens is 1. The molecule has 0 spiro atoms. The van der Waals surface area contributed by atoms with E-state index in [1.54, 1.807) is 0 Å². The molecule has 0 amide bonds. The number of hydrogen-bond donors (Lipinski definition) is 1. The van der Waals surface area contributed by atoms with Crippen LogP contribution in [0.25, 0.3) is 0 Å². The normalized spacial score (nSPS) is 12.8. The lowest BCUT2D eigenvalue weighted by atomic mass is 9.96. The molecule has 0 aromatic heterocycles. The van der Waals surface area contributed by atoms with Crippen molar-refractivity contribution in [3.8, 4) is 0 Å². The molecule has 2 heteroatoms. The first kappa shape index (κ1) is 13.5. The SMILES string of the molecule is CCCCCC(NC)c1cccc(Cl)c1C. The average molecular weight is 240 g/mol. The minimum absolute atomic E-state index is 0.435. The van der Waals surface area contributed by atoms with Gasteiger partial charge in [0.2, 0.25) is 0 Å². The minimum Gasteiger partial charge on any atom is -0.313 e. The van der Waals surface area contributed by atoms with Gasteiger partial charge in [0.25, 0.3) is 0 Å². The van der Waals surface area contributed by atoms with Gasteiger partial charge in [0.15, 0.2) is 0 Å². The zero-order chi connectivity index (χ0) is 12.0. The molecular weight excluding hydrogens is 218 g/mol. The highest BCUT2D eigenvalue weighted by Gasteiger charge is 2.12. The van der Waals surface area contributed by atoms with Crippen LogP contribution in [-0.4, -0.2) is 7.05 Å². The van der Waals surface area contributed by atoms with Crippen molar-refractivity contribution in [2.75, 3.05) is 7.05 Å². The first-order valence-electron chi connectivity index (χ1n) is 6.13. The van der Waals surface area contributed by atoms with Crippen molar-refractivity contribution < 1.29 is 0 Å². The molecule has 0 aliphatic heterocycles. The molecule has 1 aromatic carbocycles. The standard InChI is InChI=1S/C14H22ClN/c1-4-5-6-10-14(16-3)12-8-7-9-13(15)11(12)2/h7-9,14,16H,4-6,10H2,1-3H3. The van der Waals surface area contributed by atoms with Gasteiger partial charge in [-0.3, -0.25) is 0 Å². The summed E-state index contributed by atoms with van der Waals surface area (Å²) in [7, 11) is 2.02. The van der Waals surface area contributed by atoms with Gasteiger partial charge in [-0.05, 0) is 37.6 Å². The summed E-state index contributed by atoms with van der Waals surface area (Å²) in [6.07, 6.45) is 5.03. The molecule has 0 aliphatic rings. The first-order chi connectivity index (χ1) is 7.70. The molecule has 1 atom stereocenters. The van der Waals surface area contributed by atoms with Gasteiger partial charge in [0, 0.05) is 11.1 Å². The average Bonchev–Trinajstić information content (AvgIpc) is 2.29. The van der Waals surface area contributed by atoms with Gasteiger partial charge in [-0.2, -0.15) is 0 Å². The third-order valence-corrected chi connectivity index (χ3v) is 3.54. The van der Waals surface area contributed by atoms with E-state index < -0.39 is 0 Å². The van der Waals surface area contributed by atoms with E-state index in [-0.39, 0.29) is 0 Å². The molecule has 1 unspecified atom stereocenters. The van der Waals surface area contributed by atoms with Gasteiger partial charge in [0.05, 0.1) is 0 Å². The van der Waals surface area contributed by atoms with Crippen molar-refractivity contribution in [1.29, 1.82) is 0 Å². The fourth-order valence-corrected chi connectivity index (χ4v) is 2.24. The zero-order valence-electron chi connectivity index (χ0n) is 10.5. The number of rotatable bonds is 6. The van der Waals surface area contributed by atoms with Crippen LogP contribution in [0.2, 0.25) is 5.02 Å². The number of benzene rings is 1. The predicted octanol–water partition coefficient (Wildman–Crippen LogP) is 4.49. The van der Waals surface area contributed by atoms with Gasteiger partial charge in [-0.25, -0.2) is 0 Å². The highest BCUT2D eigenvalue weighted by molar-refractivity contribution is 6.31. The molecule has 0 fully saturated rings. The Balaban J connectivity index is 2.74. The van der Waals surface area contributed by atoms with Gasteiger partial charge < -0.3 is 5.32 Å². The monoisotopic (exact) mass is 239 g/mol. The van der Waals surface area contributed by atoms with E-state index in [2.05, 4.69) is 25.2 Å². The van der Waals surface area contributed by atoms with E-state index in [1.165, 1.54) is 36.8 Å². The van der Waals surface area contributed by atoms with Crippen LogP contribution in [0.4, 0.5) is 0 Å². The summed E-state index contributed by atoms with van der Waals surface area (Å²) in [4.78, 5) is 0. The summed E-state index contributed by atoms with van der Waals surface area (Å²) in [5, 5.41) is 4.26. The zero-order valence-corrected chi connectivity index (χ0v) is 11.3. The molecule has 0 saturated heterocycles. The second-order valence-electron chi connectivity index (χ2n) is 4.29. The fourth-order valence-electron chi connectivity index (χ4n) is 2.06.